The lowest BCUT2D eigenvalue weighted by molar-refractivity contribution is -0.136. The molecule has 1 aromatic carbocycles. The van der Waals surface area contributed by atoms with Crippen molar-refractivity contribution in [2.45, 2.75) is 57.9 Å². The molecule has 2 amide bonds. The molecule has 0 radical (unpaired) electrons. The summed E-state index contributed by atoms with van der Waals surface area (Å²) in [7, 11) is 1.71. The zero-order valence-electron chi connectivity index (χ0n) is 19.1. The van der Waals surface area contributed by atoms with Crippen molar-refractivity contribution >= 4 is 17.5 Å². The number of amides is 2. The third kappa shape index (κ3) is 3.65. The fourth-order valence-corrected chi connectivity index (χ4v) is 5.09. The number of nitrogens with zero attached hydrogens (tertiary/aromatic N) is 5. The Morgan fingerprint density at radius 1 is 1.03 bits per heavy atom. The molecule has 3 aliphatic rings. The van der Waals surface area contributed by atoms with Gasteiger partial charge in [-0.3, -0.25) is 14.2 Å². The van der Waals surface area contributed by atoms with Crippen molar-refractivity contribution in [1.29, 1.82) is 0 Å². The van der Waals surface area contributed by atoms with Crippen LogP contribution in [0.15, 0.2) is 23.0 Å². The highest BCUT2D eigenvalue weighted by molar-refractivity contribution is 6.00. The average molecular weight is 438 g/mol. The van der Waals surface area contributed by atoms with Crippen LogP contribution in [0.2, 0.25) is 0 Å². The molecule has 0 spiro atoms. The van der Waals surface area contributed by atoms with Gasteiger partial charge in [0, 0.05) is 50.7 Å². The monoisotopic (exact) mass is 437 g/mol. The van der Waals surface area contributed by atoms with E-state index in [-0.39, 0.29) is 35.8 Å². The fraction of sp³-hybridized carbons (Fsp3) is 0.583. The molecule has 8 nitrogen and oxygen atoms in total. The average Bonchev–Trinajstić information content (AvgIpc) is 3.48. The first-order valence-electron chi connectivity index (χ1n) is 11.7. The minimum absolute atomic E-state index is 0.0171. The van der Waals surface area contributed by atoms with Gasteiger partial charge in [0.15, 0.2) is 0 Å². The molecule has 0 unspecified atom stereocenters. The minimum Gasteiger partial charge on any atom is -0.342 e. The number of benzene rings is 1. The van der Waals surface area contributed by atoms with Crippen molar-refractivity contribution in [3.63, 3.8) is 0 Å². The molecule has 2 saturated heterocycles. The van der Waals surface area contributed by atoms with Crippen LogP contribution in [0.25, 0.3) is 0 Å². The van der Waals surface area contributed by atoms with Crippen LogP contribution in [0.3, 0.4) is 0 Å². The van der Waals surface area contributed by atoms with E-state index in [2.05, 4.69) is 12.0 Å². The summed E-state index contributed by atoms with van der Waals surface area (Å²) in [6.45, 7) is 5.83. The molecule has 1 saturated carbocycles. The van der Waals surface area contributed by atoms with Gasteiger partial charge in [-0.2, -0.15) is 5.10 Å². The molecule has 3 heterocycles. The number of hydrogen-bond acceptors (Lipinski definition) is 4. The summed E-state index contributed by atoms with van der Waals surface area (Å²) in [4.78, 5) is 42.0. The van der Waals surface area contributed by atoms with Crippen LogP contribution >= 0.6 is 0 Å². The second-order valence-corrected chi connectivity index (χ2v) is 9.64. The maximum absolute atomic E-state index is 13.2. The first-order chi connectivity index (χ1) is 15.3. The standard InChI is InChI=1S/C24H31N5O3/c1-15-4-5-20(12-16(15)2)28-14-18(13-21(28)30)23(31)27-10-8-17(9-11-27)22-25-26(3)24(32)29(22)19-6-7-19/h4-5,12,17-19H,6-11,13-14H2,1-3H3/t18-/m1/s1. The summed E-state index contributed by atoms with van der Waals surface area (Å²) in [5.74, 6) is 0.877. The zero-order chi connectivity index (χ0) is 22.6. The lowest BCUT2D eigenvalue weighted by atomic mass is 9.94. The maximum Gasteiger partial charge on any atom is 0.345 e. The van der Waals surface area contributed by atoms with Crippen molar-refractivity contribution in [2.75, 3.05) is 24.5 Å². The SMILES string of the molecule is Cc1ccc(N2C[C@H](C(=O)N3CCC(c4nn(C)c(=O)n4C4CC4)CC3)CC2=O)cc1C. The van der Waals surface area contributed by atoms with Gasteiger partial charge >= 0.3 is 5.69 Å². The molecule has 0 N–H and O–H groups in total. The van der Waals surface area contributed by atoms with Crippen LogP contribution in [-0.4, -0.2) is 50.7 Å². The minimum atomic E-state index is -0.292. The number of anilines is 1. The van der Waals surface area contributed by atoms with E-state index >= 15 is 0 Å². The molecular weight excluding hydrogens is 406 g/mol. The van der Waals surface area contributed by atoms with Gasteiger partial charge < -0.3 is 9.80 Å². The molecule has 32 heavy (non-hydrogen) atoms. The van der Waals surface area contributed by atoms with Gasteiger partial charge in [-0.1, -0.05) is 6.07 Å². The maximum atomic E-state index is 13.2. The number of carbonyl (C=O) groups excluding carboxylic acids is 2. The van der Waals surface area contributed by atoms with Crippen LogP contribution in [0.5, 0.6) is 0 Å². The molecule has 5 rings (SSSR count). The normalized spacial score (nSPS) is 22.1. The Morgan fingerprint density at radius 2 is 1.75 bits per heavy atom. The predicted octanol–water partition coefficient (Wildman–Crippen LogP) is 2.29. The fourth-order valence-electron chi connectivity index (χ4n) is 5.09. The highest BCUT2D eigenvalue weighted by Gasteiger charge is 2.39. The van der Waals surface area contributed by atoms with Gasteiger partial charge in [-0.05, 0) is 62.8 Å². The third-order valence-electron chi connectivity index (χ3n) is 7.34. The molecule has 1 aliphatic carbocycles. The summed E-state index contributed by atoms with van der Waals surface area (Å²) < 4.78 is 3.32. The second-order valence-electron chi connectivity index (χ2n) is 9.64. The van der Waals surface area contributed by atoms with Gasteiger partial charge in [0.2, 0.25) is 11.8 Å². The number of hydrogen-bond donors (Lipinski definition) is 0. The van der Waals surface area contributed by atoms with Crippen LogP contribution in [-0.2, 0) is 16.6 Å². The predicted molar refractivity (Wildman–Crippen MR) is 121 cm³/mol. The van der Waals surface area contributed by atoms with E-state index in [4.69, 9.17) is 0 Å². The van der Waals surface area contributed by atoms with Crippen LogP contribution < -0.4 is 10.6 Å². The van der Waals surface area contributed by atoms with Gasteiger partial charge in [0.25, 0.3) is 0 Å². The molecule has 1 atom stereocenters. The topological polar surface area (TPSA) is 80.4 Å². The number of rotatable bonds is 4. The summed E-state index contributed by atoms with van der Waals surface area (Å²) in [6, 6.07) is 6.31. The second kappa shape index (κ2) is 7.90. The first-order valence-corrected chi connectivity index (χ1v) is 11.7. The number of aromatic nitrogens is 3. The molecule has 2 aromatic rings. The Kier molecular flexibility index (Phi) is 5.18. The van der Waals surface area contributed by atoms with E-state index in [1.165, 1.54) is 10.2 Å². The highest BCUT2D eigenvalue weighted by Crippen LogP contribution is 2.38. The van der Waals surface area contributed by atoms with Crippen molar-refractivity contribution in [2.24, 2.45) is 13.0 Å². The lowest BCUT2D eigenvalue weighted by Gasteiger charge is -2.33. The smallest absolute Gasteiger partial charge is 0.342 e. The van der Waals surface area contributed by atoms with E-state index in [0.29, 0.717) is 25.7 Å². The van der Waals surface area contributed by atoms with Crippen molar-refractivity contribution in [1.82, 2.24) is 19.2 Å². The number of aryl methyl sites for hydroxylation is 3. The summed E-state index contributed by atoms with van der Waals surface area (Å²) >= 11 is 0. The molecule has 2 aliphatic heterocycles. The van der Waals surface area contributed by atoms with E-state index in [1.807, 2.05) is 34.6 Å². The molecule has 3 fully saturated rings. The molecule has 170 valence electrons. The Morgan fingerprint density at radius 3 is 2.41 bits per heavy atom. The van der Waals surface area contributed by atoms with Crippen LogP contribution in [0, 0.1) is 19.8 Å². The summed E-state index contributed by atoms with van der Waals surface area (Å²) in [5, 5.41) is 4.52. The molecule has 0 bridgehead atoms. The van der Waals surface area contributed by atoms with Gasteiger partial charge in [0.05, 0.1) is 5.92 Å². The van der Waals surface area contributed by atoms with E-state index in [1.54, 1.807) is 11.9 Å². The molecular formula is C24H31N5O3. The number of piperidine rings is 1. The quantitative estimate of drug-likeness (QED) is 0.735. The number of carbonyl (C=O) groups is 2. The number of likely N-dealkylation sites (tertiary alicyclic amines) is 1. The van der Waals surface area contributed by atoms with Crippen molar-refractivity contribution < 1.29 is 9.59 Å². The Hall–Kier alpha value is -2.90. The Balaban J connectivity index is 1.23. The van der Waals surface area contributed by atoms with E-state index in [9.17, 15) is 14.4 Å². The molecule has 8 heteroatoms. The Labute approximate surface area is 187 Å². The van der Waals surface area contributed by atoms with Crippen LogP contribution in [0.4, 0.5) is 5.69 Å². The van der Waals surface area contributed by atoms with Gasteiger partial charge in [0.1, 0.15) is 5.82 Å². The third-order valence-corrected chi connectivity index (χ3v) is 7.34. The first kappa shape index (κ1) is 21.0. The lowest BCUT2D eigenvalue weighted by Crippen LogP contribution is -2.42. The molecule has 1 aromatic heterocycles. The van der Waals surface area contributed by atoms with Gasteiger partial charge in [-0.25, -0.2) is 9.48 Å². The van der Waals surface area contributed by atoms with E-state index < -0.39 is 0 Å². The highest BCUT2D eigenvalue weighted by atomic mass is 16.2. The Bertz CT molecular complexity index is 1120. The van der Waals surface area contributed by atoms with Crippen molar-refractivity contribution in [3.05, 3.63) is 45.6 Å². The zero-order valence-corrected chi connectivity index (χ0v) is 19.1. The van der Waals surface area contributed by atoms with Crippen molar-refractivity contribution in [3.8, 4) is 0 Å². The summed E-state index contributed by atoms with van der Waals surface area (Å²) in [6.07, 6.45) is 3.96. The summed E-state index contributed by atoms with van der Waals surface area (Å²) in [5.41, 5.74) is 3.18. The van der Waals surface area contributed by atoms with Gasteiger partial charge in [-0.15, -0.1) is 0 Å². The largest absolute Gasteiger partial charge is 0.345 e. The van der Waals surface area contributed by atoms with E-state index in [0.717, 1.165) is 42.8 Å². The van der Waals surface area contributed by atoms with Crippen LogP contribution in [0.1, 0.15) is 61.0 Å².